The van der Waals surface area contributed by atoms with Crippen molar-refractivity contribution in [3.8, 4) is 0 Å². The third-order valence-electron chi connectivity index (χ3n) is 9.21. The van der Waals surface area contributed by atoms with Crippen molar-refractivity contribution in [2.75, 3.05) is 13.7 Å². The highest BCUT2D eigenvalue weighted by molar-refractivity contribution is 7.86. The van der Waals surface area contributed by atoms with Gasteiger partial charge >= 0.3 is 21.9 Å². The number of methoxy groups -OCH3 is 1. The number of H-pyrrole nitrogens is 1. The van der Waals surface area contributed by atoms with E-state index >= 15 is 0 Å². The van der Waals surface area contributed by atoms with E-state index in [1.165, 1.54) is 28.4 Å². The highest BCUT2D eigenvalue weighted by Crippen LogP contribution is 2.57. The lowest BCUT2D eigenvalue weighted by Crippen LogP contribution is -2.48. The number of nitrogens with one attached hydrogen (secondary N) is 2. The molecule has 0 spiro atoms. The summed E-state index contributed by atoms with van der Waals surface area (Å²) in [5.74, 6) is 0.00747. The second-order valence-corrected chi connectivity index (χ2v) is 13.0. The summed E-state index contributed by atoms with van der Waals surface area (Å²) in [6, 6.07) is 4.47. The molecule has 1 amide bonds. The van der Waals surface area contributed by atoms with Gasteiger partial charge in [-0.15, -0.1) is 3.89 Å². The first-order valence-electron chi connectivity index (χ1n) is 14.6. The van der Waals surface area contributed by atoms with Crippen LogP contribution in [0.5, 0.6) is 0 Å². The first-order chi connectivity index (χ1) is 20.4. The Kier molecular flexibility index (Phi) is 8.34. The molecule has 1 aromatic carbocycles. The molecular weight excluding hydrogens is 581 g/mol. The van der Waals surface area contributed by atoms with Crippen LogP contribution in [0.1, 0.15) is 80.9 Å². The number of benzene rings is 1. The molecule has 0 unspecified atom stereocenters. The van der Waals surface area contributed by atoms with E-state index in [-0.39, 0.29) is 47.7 Å². The fourth-order valence-electron chi connectivity index (χ4n) is 6.51. The molecule has 2 heterocycles. The zero-order valence-corrected chi connectivity index (χ0v) is 25.1. The Morgan fingerprint density at radius 1 is 1.02 bits per heavy atom. The van der Waals surface area contributed by atoms with Crippen molar-refractivity contribution in [3.63, 3.8) is 0 Å². The maximum absolute atomic E-state index is 13.5. The summed E-state index contributed by atoms with van der Waals surface area (Å²) in [6.45, 7) is 2.61. The third-order valence-corrected chi connectivity index (χ3v) is 10.0. The summed E-state index contributed by atoms with van der Waals surface area (Å²) in [5.41, 5.74) is -0.960. The fraction of sp³-hybridized carbons (Fsp3) is 0.552. The van der Waals surface area contributed by atoms with Gasteiger partial charge in [0.05, 0.1) is 17.4 Å². The summed E-state index contributed by atoms with van der Waals surface area (Å²) in [6.07, 6.45) is 6.00. The first-order valence-corrected chi connectivity index (χ1v) is 16.0. The maximum Gasteiger partial charge on any atom is 0.332 e. The number of halogens is 1. The number of fused-ring (bicyclic) bond motifs is 4. The number of nitrogens with zero attached hydrogens (tertiary/aromatic N) is 3. The third kappa shape index (κ3) is 5.64. The van der Waals surface area contributed by atoms with Gasteiger partial charge in [-0.2, -0.15) is 8.42 Å². The van der Waals surface area contributed by atoms with Crippen molar-refractivity contribution in [2.24, 2.45) is 5.41 Å². The van der Waals surface area contributed by atoms with Crippen LogP contribution >= 0.6 is 0 Å². The minimum absolute atomic E-state index is 0.160. The molecule has 0 saturated heterocycles. The highest BCUT2D eigenvalue weighted by Gasteiger charge is 2.55. The molecule has 12 nitrogen and oxygen atoms in total. The lowest BCUT2D eigenvalue weighted by molar-refractivity contribution is -0.160. The van der Waals surface area contributed by atoms with Gasteiger partial charge in [-0.25, -0.2) is 9.78 Å². The van der Waals surface area contributed by atoms with Crippen LogP contribution in [0.2, 0.25) is 0 Å². The lowest BCUT2D eigenvalue weighted by Gasteiger charge is -2.50. The van der Waals surface area contributed by atoms with Crippen molar-refractivity contribution in [2.45, 2.75) is 88.1 Å². The molecule has 2 bridgehead atoms. The molecule has 0 radical (unpaired) electrons. The Morgan fingerprint density at radius 2 is 1.65 bits per heavy atom. The second-order valence-electron chi connectivity index (χ2n) is 11.7. The number of ether oxygens (including phenoxy) is 1. The molecule has 14 heteroatoms. The van der Waals surface area contributed by atoms with Gasteiger partial charge in [-0.05, 0) is 75.6 Å². The maximum atomic E-state index is 13.5. The van der Waals surface area contributed by atoms with Crippen LogP contribution in [0.25, 0.3) is 11.2 Å². The minimum atomic E-state index is -4.86. The summed E-state index contributed by atoms with van der Waals surface area (Å²) in [5, 5.41) is 2.72. The minimum Gasteiger partial charge on any atom is -0.469 e. The van der Waals surface area contributed by atoms with E-state index in [9.17, 15) is 31.5 Å². The molecule has 232 valence electrons. The van der Waals surface area contributed by atoms with Crippen molar-refractivity contribution in [1.82, 2.24) is 24.4 Å². The number of hydrogen-bond acceptors (Lipinski definition) is 8. The van der Waals surface area contributed by atoms with Gasteiger partial charge in [-0.3, -0.25) is 23.5 Å². The van der Waals surface area contributed by atoms with Crippen LogP contribution in [0.15, 0.2) is 38.8 Å². The van der Waals surface area contributed by atoms with Crippen molar-refractivity contribution in [3.05, 3.63) is 56.5 Å². The number of aromatic nitrogens is 4. The fourth-order valence-corrected chi connectivity index (χ4v) is 6.97. The molecule has 43 heavy (non-hydrogen) atoms. The van der Waals surface area contributed by atoms with Crippen LogP contribution in [-0.4, -0.2) is 53.1 Å². The highest BCUT2D eigenvalue weighted by atomic mass is 32.3. The number of rotatable bonds is 11. The largest absolute Gasteiger partial charge is 0.469 e. The van der Waals surface area contributed by atoms with Crippen LogP contribution in [-0.2, 0) is 38.3 Å². The summed E-state index contributed by atoms with van der Waals surface area (Å²) < 4.78 is 43.0. The van der Waals surface area contributed by atoms with Crippen molar-refractivity contribution < 1.29 is 26.6 Å². The second kappa shape index (κ2) is 11.7. The normalized spacial score (nSPS) is 21.7. The molecule has 2 N–H and O–H groups in total. The van der Waals surface area contributed by atoms with Gasteiger partial charge < -0.3 is 15.0 Å². The molecule has 6 rings (SSSR count). The van der Waals surface area contributed by atoms with Gasteiger partial charge in [0.15, 0.2) is 5.65 Å². The van der Waals surface area contributed by atoms with Crippen LogP contribution in [0.3, 0.4) is 0 Å². The van der Waals surface area contributed by atoms with Crippen LogP contribution in [0, 0.1) is 5.41 Å². The molecular formula is C29H36FN5O7S. The summed E-state index contributed by atoms with van der Waals surface area (Å²) in [7, 11) is -3.45. The molecule has 3 fully saturated rings. The molecule has 0 atom stereocenters. The lowest BCUT2D eigenvalue weighted by atomic mass is 9.53. The van der Waals surface area contributed by atoms with E-state index in [0.29, 0.717) is 37.9 Å². The number of hydrogen-bond donors (Lipinski definition) is 2. The monoisotopic (exact) mass is 617 g/mol. The predicted octanol–water partition coefficient (Wildman–Crippen LogP) is 2.93. The Balaban J connectivity index is 1.37. The summed E-state index contributed by atoms with van der Waals surface area (Å²) in [4.78, 5) is 59.6. The Labute approximate surface area is 247 Å². The first kappa shape index (κ1) is 30.6. The van der Waals surface area contributed by atoms with Crippen LogP contribution < -0.4 is 16.6 Å². The van der Waals surface area contributed by atoms with Gasteiger partial charge in [0.1, 0.15) is 11.3 Å². The van der Waals surface area contributed by atoms with E-state index in [0.717, 1.165) is 37.8 Å². The van der Waals surface area contributed by atoms with Crippen molar-refractivity contribution in [1.29, 1.82) is 0 Å². The van der Waals surface area contributed by atoms with Crippen molar-refractivity contribution >= 4 is 33.3 Å². The molecule has 3 aromatic rings. The van der Waals surface area contributed by atoms with Gasteiger partial charge in [0.25, 0.3) is 11.5 Å². The smallest absolute Gasteiger partial charge is 0.332 e. The van der Waals surface area contributed by atoms with E-state index in [1.807, 2.05) is 6.92 Å². The summed E-state index contributed by atoms with van der Waals surface area (Å²) >= 11 is 0. The van der Waals surface area contributed by atoms with Gasteiger partial charge in [-0.1, -0.05) is 13.3 Å². The van der Waals surface area contributed by atoms with Crippen LogP contribution in [0.4, 0.5) is 3.89 Å². The zero-order chi connectivity index (χ0) is 31.0. The topological polar surface area (TPSA) is 162 Å². The SMILES string of the molecule is CCCCn1c(=O)c2[nH]c(C34CCC(C(=O)OC)(CC3)CC4)nc2n(CCCNC(=O)c2ccc(S(=O)(=O)F)cc2)c1=O. The molecule has 3 saturated carbocycles. The number of esters is 1. The Bertz CT molecular complexity index is 1750. The standard InChI is InChI=1S/C29H36FN5O7S/c1-3-4-17-35-24(37)21-22(33-25(32-21)28-10-13-29(14-11-28,15-12-28)26(38)42-2)34(27(35)39)18-5-16-31-23(36)19-6-8-20(9-7-19)43(30,40)41/h6-9H,3-5,10-18H2,1-2H3,(H,31,36)(H,32,33). The number of carbonyl (C=O) groups is 2. The average molecular weight is 618 g/mol. The quantitative estimate of drug-likeness (QED) is 0.189. The van der Waals surface area contributed by atoms with E-state index in [4.69, 9.17) is 9.72 Å². The predicted molar refractivity (Wildman–Crippen MR) is 155 cm³/mol. The number of unbranched alkanes of at least 4 members (excludes halogenated alkanes) is 1. The molecule has 2 aromatic heterocycles. The number of amides is 1. The number of aryl methyl sites for hydroxylation is 1. The van der Waals surface area contributed by atoms with E-state index < -0.39 is 37.7 Å². The molecule has 3 aliphatic rings. The van der Waals surface area contributed by atoms with E-state index in [1.54, 1.807) is 0 Å². The number of imidazole rings is 1. The number of aromatic amines is 1. The Morgan fingerprint density at radius 3 is 2.23 bits per heavy atom. The van der Waals surface area contributed by atoms with Gasteiger partial charge in [0, 0.05) is 30.6 Å². The molecule has 3 aliphatic carbocycles. The molecule has 0 aliphatic heterocycles. The number of carbonyl (C=O) groups excluding carboxylic acids is 2. The van der Waals surface area contributed by atoms with E-state index in [2.05, 4.69) is 10.3 Å². The zero-order valence-electron chi connectivity index (χ0n) is 24.3. The average Bonchev–Trinajstić information content (AvgIpc) is 3.47. The Hall–Kier alpha value is -3.81. The van der Waals surface area contributed by atoms with Gasteiger partial charge in [0.2, 0.25) is 0 Å².